The first-order valence-electron chi connectivity index (χ1n) is 13.2. The lowest BCUT2D eigenvalue weighted by Gasteiger charge is -2.37. The molecule has 0 spiro atoms. The van der Waals surface area contributed by atoms with Crippen molar-refractivity contribution in [2.45, 2.75) is 33.2 Å². The Morgan fingerprint density at radius 2 is 1.95 bits per heavy atom. The zero-order valence-electron chi connectivity index (χ0n) is 22.5. The Bertz CT molecular complexity index is 1370. The molecule has 2 N–H and O–H groups in total. The molecule has 3 aromatic rings. The van der Waals surface area contributed by atoms with Crippen LogP contribution in [0.15, 0.2) is 12.4 Å². The minimum Gasteiger partial charge on any atom is -0.462 e. The van der Waals surface area contributed by atoms with Gasteiger partial charge in [-0.1, -0.05) is 41.5 Å². The number of piperidine rings is 1. The lowest BCUT2D eigenvalue weighted by atomic mass is 9.94. The predicted molar refractivity (Wildman–Crippen MR) is 155 cm³/mol. The van der Waals surface area contributed by atoms with Crippen LogP contribution in [0.2, 0.25) is 10.0 Å². The minimum atomic E-state index is -0.438. The Hall–Kier alpha value is -2.93. The van der Waals surface area contributed by atoms with Crippen LogP contribution in [-0.4, -0.2) is 83.9 Å². The molecule has 5 heterocycles. The summed E-state index contributed by atoms with van der Waals surface area (Å²) >= 11 is 13.7. The summed E-state index contributed by atoms with van der Waals surface area (Å²) in [6, 6.07) is -0.0650. The van der Waals surface area contributed by atoms with Crippen LogP contribution >= 0.6 is 34.5 Å². The molecule has 0 unspecified atom stereocenters. The van der Waals surface area contributed by atoms with Crippen LogP contribution in [0, 0.1) is 12.8 Å². The Morgan fingerprint density at radius 3 is 2.58 bits per heavy atom. The Labute approximate surface area is 246 Å². The number of H-pyrrole nitrogens is 1. The van der Waals surface area contributed by atoms with Crippen molar-refractivity contribution in [1.29, 1.82) is 0 Å². The van der Waals surface area contributed by atoms with Crippen LogP contribution in [0.5, 0.6) is 0 Å². The molecule has 5 rings (SSSR count). The van der Waals surface area contributed by atoms with Crippen molar-refractivity contribution in [3.63, 3.8) is 0 Å². The van der Waals surface area contributed by atoms with E-state index in [2.05, 4.69) is 37.0 Å². The van der Waals surface area contributed by atoms with E-state index in [4.69, 9.17) is 37.7 Å². The molecule has 11 nitrogen and oxygen atoms in total. The summed E-state index contributed by atoms with van der Waals surface area (Å²) in [4.78, 5) is 47.3. The van der Waals surface area contributed by atoms with Gasteiger partial charge < -0.3 is 29.6 Å². The number of thiazole rings is 1. The molecule has 14 heteroatoms. The number of aromatic nitrogens is 4. The number of ether oxygens (including phenoxy) is 2. The number of esters is 1. The smallest absolute Gasteiger partial charge is 0.350 e. The third kappa shape index (κ3) is 5.90. The summed E-state index contributed by atoms with van der Waals surface area (Å²) in [6.45, 7) is 9.95. The van der Waals surface area contributed by atoms with Gasteiger partial charge in [0.25, 0.3) is 5.91 Å². The molecule has 2 aliphatic heterocycles. The van der Waals surface area contributed by atoms with Crippen LogP contribution in [0.4, 0.5) is 10.9 Å². The Kier molecular flexibility index (Phi) is 8.79. The van der Waals surface area contributed by atoms with Crippen LogP contribution in [-0.2, 0) is 9.47 Å². The molecule has 2 aliphatic rings. The molecule has 214 valence electrons. The van der Waals surface area contributed by atoms with E-state index in [0.717, 1.165) is 18.9 Å². The molecule has 0 aliphatic carbocycles. The van der Waals surface area contributed by atoms with E-state index in [0.29, 0.717) is 64.8 Å². The van der Waals surface area contributed by atoms with Crippen molar-refractivity contribution in [1.82, 2.24) is 25.3 Å². The summed E-state index contributed by atoms with van der Waals surface area (Å²) in [5.74, 6) is 0.142. The third-order valence-corrected chi connectivity index (χ3v) is 9.11. The molecule has 0 radical (unpaired) electrons. The van der Waals surface area contributed by atoms with Crippen molar-refractivity contribution < 1.29 is 19.1 Å². The summed E-state index contributed by atoms with van der Waals surface area (Å²) in [6.07, 6.45) is 4.04. The predicted octanol–water partition coefficient (Wildman–Crippen LogP) is 4.20. The number of aromatic amines is 1. The molecule has 1 amide bonds. The standard InChI is InChI=1S/C26H31Cl2N7O4S/c1-4-39-25(37)23-21(17-11-30-18(12-29-17)34-7-9-38-10-8-34)33-26(40-23)35-6-5-16(14(2)13-35)32-24(36)22-20(28)19(27)15(3)31-22/h11-12,14,16,31H,4-10,13H2,1-3H3,(H,32,36)/t14-,16+/m0/s1. The quantitative estimate of drug-likeness (QED) is 0.380. The molecule has 3 aromatic heterocycles. The van der Waals surface area contributed by atoms with Gasteiger partial charge in [0.1, 0.15) is 27.8 Å². The number of carbonyl (C=O) groups excluding carboxylic acids is 2. The normalized spacial score (nSPS) is 19.5. The summed E-state index contributed by atoms with van der Waals surface area (Å²) in [5.41, 5.74) is 1.88. The van der Waals surface area contributed by atoms with Crippen LogP contribution in [0.25, 0.3) is 11.4 Å². The van der Waals surface area contributed by atoms with E-state index in [1.54, 1.807) is 26.2 Å². The van der Waals surface area contributed by atoms with Gasteiger partial charge in [-0.3, -0.25) is 4.79 Å². The SMILES string of the molecule is CCOC(=O)c1sc(N2CC[C@@H](NC(=O)c3[nH]c(C)c(Cl)c3Cl)[C@@H](C)C2)nc1-c1cnc(N2CCOCC2)cn1. The number of hydrogen-bond donors (Lipinski definition) is 2. The van der Waals surface area contributed by atoms with Crippen LogP contribution < -0.4 is 15.1 Å². The molecule has 2 saturated heterocycles. The minimum absolute atomic E-state index is 0.0650. The first-order valence-corrected chi connectivity index (χ1v) is 14.8. The Morgan fingerprint density at radius 1 is 1.18 bits per heavy atom. The zero-order valence-corrected chi connectivity index (χ0v) is 24.8. The zero-order chi connectivity index (χ0) is 28.4. The second-order valence-electron chi connectivity index (χ2n) is 9.80. The van der Waals surface area contributed by atoms with Crippen molar-refractivity contribution in [3.8, 4) is 11.4 Å². The van der Waals surface area contributed by atoms with Gasteiger partial charge in [-0.2, -0.15) is 0 Å². The summed E-state index contributed by atoms with van der Waals surface area (Å²) in [5, 5.41) is 4.36. The number of morpholine rings is 1. The van der Waals surface area contributed by atoms with Crippen LogP contribution in [0.3, 0.4) is 0 Å². The fourth-order valence-electron chi connectivity index (χ4n) is 4.85. The first kappa shape index (κ1) is 28.6. The number of rotatable bonds is 7. The van der Waals surface area contributed by atoms with Gasteiger partial charge in [-0.05, 0) is 26.2 Å². The summed E-state index contributed by atoms with van der Waals surface area (Å²) < 4.78 is 10.7. The van der Waals surface area contributed by atoms with E-state index in [1.807, 2.05) is 0 Å². The number of anilines is 2. The number of hydrogen-bond acceptors (Lipinski definition) is 10. The molecular formula is C26H31Cl2N7O4S. The highest BCUT2D eigenvalue weighted by molar-refractivity contribution is 7.17. The van der Waals surface area contributed by atoms with Gasteiger partial charge in [0.2, 0.25) is 0 Å². The van der Waals surface area contributed by atoms with Crippen molar-refractivity contribution in [2.75, 3.05) is 55.8 Å². The molecular weight excluding hydrogens is 577 g/mol. The third-order valence-electron chi connectivity index (χ3n) is 7.07. The topological polar surface area (TPSA) is 126 Å². The van der Waals surface area contributed by atoms with E-state index in [-0.39, 0.29) is 35.2 Å². The number of carbonyl (C=O) groups is 2. The molecule has 0 aromatic carbocycles. The van der Waals surface area contributed by atoms with Crippen molar-refractivity contribution in [3.05, 3.63) is 38.7 Å². The maximum absolute atomic E-state index is 12.9. The number of nitrogens with zero attached hydrogens (tertiary/aromatic N) is 5. The second-order valence-corrected chi connectivity index (χ2v) is 11.5. The molecule has 2 atom stereocenters. The number of nitrogens with one attached hydrogen (secondary N) is 2. The summed E-state index contributed by atoms with van der Waals surface area (Å²) in [7, 11) is 0. The maximum Gasteiger partial charge on any atom is 0.350 e. The highest BCUT2D eigenvalue weighted by Gasteiger charge is 2.32. The van der Waals surface area contributed by atoms with Gasteiger partial charge >= 0.3 is 5.97 Å². The monoisotopic (exact) mass is 607 g/mol. The van der Waals surface area contributed by atoms with Crippen molar-refractivity contribution >= 4 is 57.4 Å². The molecule has 40 heavy (non-hydrogen) atoms. The van der Waals surface area contributed by atoms with E-state index in [1.165, 1.54) is 11.3 Å². The van der Waals surface area contributed by atoms with Gasteiger partial charge in [-0.15, -0.1) is 0 Å². The Balaban J connectivity index is 1.32. The largest absolute Gasteiger partial charge is 0.462 e. The first-order chi connectivity index (χ1) is 19.3. The van der Waals surface area contributed by atoms with Gasteiger partial charge in [0.15, 0.2) is 5.13 Å². The van der Waals surface area contributed by atoms with Gasteiger partial charge in [0.05, 0.1) is 42.3 Å². The number of aryl methyl sites for hydroxylation is 1. The lowest BCUT2D eigenvalue weighted by molar-refractivity contribution is 0.0532. The average molecular weight is 609 g/mol. The average Bonchev–Trinajstić information content (AvgIpc) is 3.52. The lowest BCUT2D eigenvalue weighted by Crippen LogP contribution is -2.50. The van der Waals surface area contributed by atoms with Crippen molar-refractivity contribution in [2.24, 2.45) is 5.92 Å². The highest BCUT2D eigenvalue weighted by Crippen LogP contribution is 2.35. The maximum atomic E-state index is 12.9. The van der Waals surface area contributed by atoms with E-state index in [9.17, 15) is 9.59 Å². The fraction of sp³-hybridized carbons (Fsp3) is 0.500. The number of amides is 1. The fourth-order valence-corrected chi connectivity index (χ4v) is 6.27. The van der Waals surface area contributed by atoms with Crippen LogP contribution in [0.1, 0.15) is 46.1 Å². The van der Waals surface area contributed by atoms with E-state index >= 15 is 0 Å². The molecule has 2 fully saturated rings. The highest BCUT2D eigenvalue weighted by atomic mass is 35.5. The molecule has 0 bridgehead atoms. The van der Waals surface area contributed by atoms with Gasteiger partial charge in [-0.25, -0.2) is 19.7 Å². The second kappa shape index (κ2) is 12.3. The van der Waals surface area contributed by atoms with Gasteiger partial charge in [0, 0.05) is 37.9 Å². The molecule has 0 saturated carbocycles. The number of halogens is 2. The van der Waals surface area contributed by atoms with E-state index < -0.39 is 5.97 Å².